The molecule has 8 heteroatoms. The molecule has 1 aliphatic rings. The van der Waals surface area contributed by atoms with Gasteiger partial charge >= 0.3 is 5.97 Å². The highest BCUT2D eigenvalue weighted by atomic mass is 32.2. The maximum absolute atomic E-state index is 12.9. The van der Waals surface area contributed by atoms with Gasteiger partial charge in [-0.25, -0.2) is 13.2 Å². The number of hydrogen-bond donors (Lipinski definition) is 3. The lowest BCUT2D eigenvalue weighted by molar-refractivity contribution is -0.145. The lowest BCUT2D eigenvalue weighted by atomic mass is 9.87. The van der Waals surface area contributed by atoms with Crippen LogP contribution in [0.15, 0.2) is 64.9 Å². The van der Waals surface area contributed by atoms with E-state index in [1.165, 1.54) is 23.5 Å². The summed E-state index contributed by atoms with van der Waals surface area (Å²) >= 11 is 1.53. The Morgan fingerprint density at radius 1 is 1.15 bits per heavy atom. The van der Waals surface area contributed by atoms with E-state index in [9.17, 15) is 18.3 Å². The minimum absolute atomic E-state index is 0.0354. The molecular weight excluding hydrogens is 384 g/mol. The molecule has 1 aromatic heterocycles. The van der Waals surface area contributed by atoms with Crippen molar-refractivity contribution in [3.63, 3.8) is 0 Å². The topological polar surface area (TPSA) is 95.5 Å². The maximum atomic E-state index is 12.9. The molecule has 2 aromatic carbocycles. The molecule has 0 amide bonds. The zero-order valence-electron chi connectivity index (χ0n) is 14.3. The Balaban J connectivity index is 1.80. The summed E-state index contributed by atoms with van der Waals surface area (Å²) < 4.78 is 29.2. The Kier molecular flexibility index (Phi) is 4.51. The summed E-state index contributed by atoms with van der Waals surface area (Å²) in [5.41, 5.74) is -0.947. The maximum Gasteiger partial charge on any atom is 0.340 e. The Hall–Kier alpha value is -2.26. The number of carbonyl (C=O) groups is 1. The summed E-state index contributed by atoms with van der Waals surface area (Å²) in [6.45, 7) is 0.401. The highest BCUT2D eigenvalue weighted by Crippen LogP contribution is 2.41. The first-order valence-corrected chi connectivity index (χ1v) is 10.8. The number of nitrogens with one attached hydrogen (secondary N) is 2. The van der Waals surface area contributed by atoms with Crippen LogP contribution < -0.4 is 10.0 Å². The van der Waals surface area contributed by atoms with Crippen LogP contribution in [0.5, 0.6) is 0 Å². The second kappa shape index (κ2) is 6.72. The van der Waals surface area contributed by atoms with Crippen molar-refractivity contribution >= 4 is 37.4 Å². The van der Waals surface area contributed by atoms with Gasteiger partial charge in [0.2, 0.25) is 10.0 Å². The molecule has 2 heterocycles. The number of hydrogen-bond acceptors (Lipinski definition) is 5. The molecule has 3 aromatic rings. The molecule has 1 fully saturated rings. The van der Waals surface area contributed by atoms with Crippen LogP contribution in [0.3, 0.4) is 0 Å². The van der Waals surface area contributed by atoms with Gasteiger partial charge in [-0.05, 0) is 47.5 Å². The molecule has 140 valence electrons. The molecule has 1 unspecified atom stereocenters. The van der Waals surface area contributed by atoms with E-state index in [0.717, 1.165) is 15.6 Å². The van der Waals surface area contributed by atoms with Crippen LogP contribution in [0.25, 0.3) is 10.1 Å². The van der Waals surface area contributed by atoms with Gasteiger partial charge in [0.05, 0.1) is 4.90 Å². The van der Waals surface area contributed by atoms with Crippen molar-refractivity contribution in [3.8, 4) is 0 Å². The van der Waals surface area contributed by atoms with Gasteiger partial charge in [0.15, 0.2) is 5.66 Å². The van der Waals surface area contributed by atoms with Gasteiger partial charge in [-0.15, -0.1) is 11.3 Å². The number of benzene rings is 2. The van der Waals surface area contributed by atoms with Crippen molar-refractivity contribution in [2.45, 2.75) is 22.9 Å². The summed E-state index contributed by atoms with van der Waals surface area (Å²) in [5, 5.41) is 15.8. The van der Waals surface area contributed by atoms with Crippen molar-refractivity contribution in [3.05, 3.63) is 65.5 Å². The second-order valence-electron chi connectivity index (χ2n) is 6.49. The van der Waals surface area contributed by atoms with E-state index < -0.39 is 27.6 Å². The van der Waals surface area contributed by atoms with Crippen LogP contribution in [-0.2, 0) is 14.8 Å². The minimum atomic E-state index is -4.01. The molecule has 1 aliphatic heterocycles. The molecule has 0 aliphatic carbocycles. The molecule has 0 bridgehead atoms. The number of thiophene rings is 1. The summed E-state index contributed by atoms with van der Waals surface area (Å²) in [7, 11) is -4.01. The molecule has 1 saturated heterocycles. The van der Waals surface area contributed by atoms with E-state index in [4.69, 9.17) is 0 Å². The molecule has 6 nitrogen and oxygen atoms in total. The second-order valence-corrected chi connectivity index (χ2v) is 9.08. The quantitative estimate of drug-likeness (QED) is 0.610. The first kappa shape index (κ1) is 18.1. The molecule has 0 saturated carbocycles. The molecule has 3 N–H and O–H groups in total. The van der Waals surface area contributed by atoms with E-state index in [1.807, 2.05) is 29.6 Å². The molecule has 0 radical (unpaired) electrons. The number of fused-ring (bicyclic) bond motifs is 1. The van der Waals surface area contributed by atoms with Crippen LogP contribution in [-0.4, -0.2) is 31.7 Å². The van der Waals surface area contributed by atoms with Gasteiger partial charge in [0.25, 0.3) is 0 Å². The minimum Gasteiger partial charge on any atom is -0.479 e. The van der Waals surface area contributed by atoms with Gasteiger partial charge < -0.3 is 5.11 Å². The normalized spacial score (nSPS) is 22.9. The monoisotopic (exact) mass is 402 g/mol. The SMILES string of the molecule is O=C(O)[C@@]1(NS(=O)(=O)c2ccccc2)NCCC1c1csc2ccccc12. The fourth-order valence-corrected chi connectivity index (χ4v) is 6.03. The predicted molar refractivity (Wildman–Crippen MR) is 104 cm³/mol. The summed E-state index contributed by atoms with van der Waals surface area (Å²) in [6, 6.07) is 15.6. The summed E-state index contributed by atoms with van der Waals surface area (Å²) in [4.78, 5) is 12.3. The third kappa shape index (κ3) is 3.04. The largest absolute Gasteiger partial charge is 0.479 e. The molecule has 4 rings (SSSR count). The third-order valence-electron chi connectivity index (χ3n) is 4.93. The van der Waals surface area contributed by atoms with Gasteiger partial charge in [-0.1, -0.05) is 36.4 Å². The lowest BCUT2D eigenvalue weighted by Gasteiger charge is -2.32. The Bertz CT molecular complexity index is 1100. The van der Waals surface area contributed by atoms with Crippen molar-refractivity contribution in [1.82, 2.24) is 10.0 Å². The molecular formula is C19H18N2O4S2. The number of sulfonamides is 1. The van der Waals surface area contributed by atoms with Crippen LogP contribution in [0, 0.1) is 0 Å². The molecule has 0 spiro atoms. The first-order chi connectivity index (χ1) is 12.9. The van der Waals surface area contributed by atoms with E-state index in [1.54, 1.807) is 18.2 Å². The van der Waals surface area contributed by atoms with Crippen LogP contribution in [0.1, 0.15) is 17.9 Å². The van der Waals surface area contributed by atoms with Crippen LogP contribution in [0.4, 0.5) is 0 Å². The Morgan fingerprint density at radius 2 is 1.85 bits per heavy atom. The van der Waals surface area contributed by atoms with E-state index in [2.05, 4.69) is 10.0 Å². The average Bonchev–Trinajstić information content (AvgIpc) is 3.26. The van der Waals surface area contributed by atoms with Crippen molar-refractivity contribution < 1.29 is 18.3 Å². The first-order valence-electron chi connectivity index (χ1n) is 8.47. The van der Waals surface area contributed by atoms with Crippen molar-refractivity contribution in [2.75, 3.05) is 6.54 Å². The van der Waals surface area contributed by atoms with E-state index >= 15 is 0 Å². The van der Waals surface area contributed by atoms with Crippen LogP contribution >= 0.6 is 11.3 Å². The van der Waals surface area contributed by atoms with Crippen LogP contribution in [0.2, 0.25) is 0 Å². The number of carboxylic acid groups (broad SMARTS) is 1. The van der Waals surface area contributed by atoms with Gasteiger partial charge in [-0.2, -0.15) is 4.72 Å². The van der Waals surface area contributed by atoms with Crippen molar-refractivity contribution in [1.29, 1.82) is 0 Å². The fourth-order valence-electron chi connectivity index (χ4n) is 3.66. The highest BCUT2D eigenvalue weighted by Gasteiger charge is 2.53. The zero-order chi connectivity index (χ0) is 19.1. The summed E-state index contributed by atoms with van der Waals surface area (Å²) in [5.74, 6) is -1.76. The Labute approximate surface area is 160 Å². The highest BCUT2D eigenvalue weighted by molar-refractivity contribution is 7.89. The Morgan fingerprint density at radius 3 is 2.59 bits per heavy atom. The number of rotatable bonds is 5. The third-order valence-corrected chi connectivity index (χ3v) is 7.40. The zero-order valence-corrected chi connectivity index (χ0v) is 15.9. The fraction of sp³-hybridized carbons (Fsp3) is 0.211. The number of aliphatic carboxylic acids is 1. The lowest BCUT2D eigenvalue weighted by Crippen LogP contribution is -2.63. The number of carboxylic acids is 1. The van der Waals surface area contributed by atoms with E-state index in [0.29, 0.717) is 13.0 Å². The van der Waals surface area contributed by atoms with Gasteiger partial charge in [0.1, 0.15) is 0 Å². The van der Waals surface area contributed by atoms with E-state index in [-0.39, 0.29) is 4.90 Å². The van der Waals surface area contributed by atoms with Gasteiger partial charge in [0, 0.05) is 10.6 Å². The average molecular weight is 402 g/mol. The predicted octanol–water partition coefficient (Wildman–Crippen LogP) is 2.74. The standard InChI is InChI=1S/C19H18N2O4S2/c22-18(23)19(21-27(24,25)13-6-2-1-3-7-13)16(10-11-20-19)15-12-26-17-9-5-4-8-14(15)17/h1-9,12,16,20-21H,10-11H2,(H,22,23)/t16?,19-/m1/s1. The molecule has 2 atom stereocenters. The summed E-state index contributed by atoms with van der Waals surface area (Å²) in [6.07, 6.45) is 0.518. The van der Waals surface area contributed by atoms with Crippen molar-refractivity contribution in [2.24, 2.45) is 0 Å². The smallest absolute Gasteiger partial charge is 0.340 e. The molecule has 27 heavy (non-hydrogen) atoms. The van der Waals surface area contributed by atoms with Gasteiger partial charge in [-0.3, -0.25) is 5.32 Å².